The summed E-state index contributed by atoms with van der Waals surface area (Å²) in [6.07, 6.45) is 0. The predicted octanol–water partition coefficient (Wildman–Crippen LogP) is 0.130. The van der Waals surface area contributed by atoms with Crippen LogP contribution in [0.3, 0.4) is 0 Å². The van der Waals surface area contributed by atoms with Gasteiger partial charge in [0.15, 0.2) is 0 Å². The van der Waals surface area contributed by atoms with Gasteiger partial charge in [0.25, 0.3) is 5.91 Å². The first-order valence-corrected chi connectivity index (χ1v) is 4.09. The Bertz CT molecular complexity index is 342. The van der Waals surface area contributed by atoms with Crippen LogP contribution in [0, 0.1) is 5.82 Å². The first-order chi connectivity index (χ1) is 6.65. The van der Waals surface area contributed by atoms with E-state index < -0.39 is 11.7 Å². The van der Waals surface area contributed by atoms with Gasteiger partial charge in [0, 0.05) is 12.1 Å². The average Bonchev–Trinajstić information content (AvgIpc) is 2.18. The number of nitrogens with one attached hydrogen (secondary N) is 1. The Morgan fingerprint density at radius 1 is 1.57 bits per heavy atom. The maximum absolute atomic E-state index is 12.9. The maximum atomic E-state index is 12.9. The highest BCUT2D eigenvalue weighted by atomic mass is 19.1. The van der Waals surface area contributed by atoms with Crippen molar-refractivity contribution in [1.82, 2.24) is 5.32 Å². The third kappa shape index (κ3) is 2.43. The summed E-state index contributed by atoms with van der Waals surface area (Å²) >= 11 is 0. The highest BCUT2D eigenvalue weighted by Crippen LogP contribution is 2.11. The largest absolute Gasteiger partial charge is 0.396 e. The summed E-state index contributed by atoms with van der Waals surface area (Å²) in [4.78, 5) is 11.2. The predicted molar refractivity (Wildman–Crippen MR) is 50.2 cm³/mol. The molecule has 4 N–H and O–H groups in total. The molecule has 1 aromatic rings. The number of anilines is 1. The van der Waals surface area contributed by atoms with Crippen molar-refractivity contribution in [3.05, 3.63) is 29.6 Å². The summed E-state index contributed by atoms with van der Waals surface area (Å²) in [6, 6.07) is 3.80. The topological polar surface area (TPSA) is 75.4 Å². The van der Waals surface area contributed by atoms with E-state index >= 15 is 0 Å². The first kappa shape index (κ1) is 10.5. The SMILES string of the molecule is Nc1ccc(C(=O)NCCO)cc1F. The van der Waals surface area contributed by atoms with Crippen LogP contribution in [0.25, 0.3) is 0 Å². The van der Waals surface area contributed by atoms with Crippen LogP contribution in [-0.2, 0) is 0 Å². The fourth-order valence-electron chi connectivity index (χ4n) is 0.940. The minimum absolute atomic E-state index is 0.00343. The zero-order valence-electron chi connectivity index (χ0n) is 7.46. The molecule has 1 rings (SSSR count). The van der Waals surface area contributed by atoms with E-state index in [2.05, 4.69) is 5.32 Å². The molecule has 14 heavy (non-hydrogen) atoms. The summed E-state index contributed by atoms with van der Waals surface area (Å²) in [6.45, 7) is -0.00593. The van der Waals surface area contributed by atoms with E-state index in [1.807, 2.05) is 0 Å². The van der Waals surface area contributed by atoms with Gasteiger partial charge in [-0.2, -0.15) is 0 Å². The Morgan fingerprint density at radius 3 is 2.86 bits per heavy atom. The van der Waals surface area contributed by atoms with E-state index in [9.17, 15) is 9.18 Å². The highest BCUT2D eigenvalue weighted by molar-refractivity contribution is 5.94. The molecule has 0 radical (unpaired) electrons. The van der Waals surface area contributed by atoms with Crippen molar-refractivity contribution in [3.8, 4) is 0 Å². The van der Waals surface area contributed by atoms with E-state index in [1.165, 1.54) is 12.1 Å². The van der Waals surface area contributed by atoms with E-state index in [0.717, 1.165) is 6.07 Å². The molecule has 0 fully saturated rings. The summed E-state index contributed by atoms with van der Waals surface area (Å²) in [5, 5.41) is 10.9. The molecule has 0 saturated heterocycles. The Balaban J connectivity index is 2.76. The number of benzene rings is 1. The summed E-state index contributed by atoms with van der Waals surface area (Å²) < 4.78 is 12.9. The Morgan fingerprint density at radius 2 is 2.29 bits per heavy atom. The van der Waals surface area contributed by atoms with Crippen LogP contribution in [-0.4, -0.2) is 24.2 Å². The molecule has 1 amide bonds. The third-order valence-corrected chi connectivity index (χ3v) is 1.66. The zero-order chi connectivity index (χ0) is 10.6. The number of carbonyl (C=O) groups excluding carboxylic acids is 1. The normalized spacial score (nSPS) is 9.86. The minimum atomic E-state index is -0.623. The fourth-order valence-corrected chi connectivity index (χ4v) is 0.940. The molecule has 0 aliphatic heterocycles. The molecule has 0 aromatic heterocycles. The molecule has 0 atom stereocenters. The molecule has 0 saturated carbocycles. The molecule has 0 aliphatic rings. The fraction of sp³-hybridized carbons (Fsp3) is 0.222. The quantitative estimate of drug-likeness (QED) is 0.604. The second-order valence-electron chi connectivity index (χ2n) is 2.72. The molecule has 0 heterocycles. The van der Waals surface area contributed by atoms with Crippen molar-refractivity contribution in [1.29, 1.82) is 0 Å². The lowest BCUT2D eigenvalue weighted by Gasteiger charge is -2.03. The van der Waals surface area contributed by atoms with Gasteiger partial charge in [0.2, 0.25) is 0 Å². The summed E-state index contributed by atoms with van der Waals surface area (Å²) in [5.74, 6) is -1.06. The lowest BCUT2D eigenvalue weighted by molar-refractivity contribution is 0.0944. The van der Waals surface area contributed by atoms with Crippen molar-refractivity contribution in [2.75, 3.05) is 18.9 Å². The molecule has 0 spiro atoms. The molecule has 4 nitrogen and oxygen atoms in total. The van der Waals surface area contributed by atoms with Crippen LogP contribution in [0.2, 0.25) is 0 Å². The van der Waals surface area contributed by atoms with Gasteiger partial charge in [-0.1, -0.05) is 0 Å². The number of aliphatic hydroxyl groups is 1. The van der Waals surface area contributed by atoms with E-state index in [-0.39, 0.29) is 24.4 Å². The van der Waals surface area contributed by atoms with Gasteiger partial charge in [-0.25, -0.2) is 4.39 Å². The van der Waals surface area contributed by atoms with Crippen LogP contribution >= 0.6 is 0 Å². The minimum Gasteiger partial charge on any atom is -0.396 e. The number of hydrogen-bond acceptors (Lipinski definition) is 3. The van der Waals surface area contributed by atoms with E-state index in [0.29, 0.717) is 0 Å². The smallest absolute Gasteiger partial charge is 0.251 e. The van der Waals surface area contributed by atoms with Gasteiger partial charge in [-0.3, -0.25) is 4.79 Å². The molecule has 0 aliphatic carbocycles. The Kier molecular flexibility index (Phi) is 3.41. The second kappa shape index (κ2) is 4.57. The summed E-state index contributed by atoms with van der Waals surface area (Å²) in [7, 11) is 0. The van der Waals surface area contributed by atoms with Crippen molar-refractivity contribution in [3.63, 3.8) is 0 Å². The van der Waals surface area contributed by atoms with Crippen LogP contribution in [0.4, 0.5) is 10.1 Å². The van der Waals surface area contributed by atoms with E-state index in [1.54, 1.807) is 0 Å². The van der Waals surface area contributed by atoms with Gasteiger partial charge in [-0.15, -0.1) is 0 Å². The molecule has 0 bridgehead atoms. The number of amides is 1. The van der Waals surface area contributed by atoms with Crippen molar-refractivity contribution in [2.45, 2.75) is 0 Å². The molecule has 1 aromatic carbocycles. The Hall–Kier alpha value is -1.62. The number of nitrogen functional groups attached to an aromatic ring is 1. The number of rotatable bonds is 3. The standard InChI is InChI=1S/C9H11FN2O2/c10-7-5-6(1-2-8(7)11)9(14)12-3-4-13/h1-2,5,13H,3-4,11H2,(H,12,14). The average molecular weight is 198 g/mol. The Labute approximate surface area is 80.5 Å². The molecular weight excluding hydrogens is 187 g/mol. The number of halogens is 1. The molecule has 76 valence electrons. The van der Waals surface area contributed by atoms with Crippen LogP contribution in [0.15, 0.2) is 18.2 Å². The van der Waals surface area contributed by atoms with Crippen molar-refractivity contribution < 1.29 is 14.3 Å². The van der Waals surface area contributed by atoms with Gasteiger partial charge >= 0.3 is 0 Å². The lowest BCUT2D eigenvalue weighted by Crippen LogP contribution is -2.26. The maximum Gasteiger partial charge on any atom is 0.251 e. The third-order valence-electron chi connectivity index (χ3n) is 1.66. The number of carbonyl (C=O) groups is 1. The first-order valence-electron chi connectivity index (χ1n) is 4.09. The van der Waals surface area contributed by atoms with E-state index in [4.69, 9.17) is 10.8 Å². The molecule has 0 unspecified atom stereocenters. The van der Waals surface area contributed by atoms with Crippen LogP contribution < -0.4 is 11.1 Å². The van der Waals surface area contributed by atoms with Crippen molar-refractivity contribution in [2.24, 2.45) is 0 Å². The summed E-state index contributed by atoms with van der Waals surface area (Å²) in [5.41, 5.74) is 5.43. The van der Waals surface area contributed by atoms with Crippen LogP contribution in [0.5, 0.6) is 0 Å². The van der Waals surface area contributed by atoms with Crippen molar-refractivity contribution >= 4 is 11.6 Å². The monoisotopic (exact) mass is 198 g/mol. The lowest BCUT2D eigenvalue weighted by atomic mass is 10.2. The van der Waals surface area contributed by atoms with Gasteiger partial charge < -0.3 is 16.2 Å². The highest BCUT2D eigenvalue weighted by Gasteiger charge is 2.06. The number of nitrogens with two attached hydrogens (primary N) is 1. The number of hydrogen-bond donors (Lipinski definition) is 3. The van der Waals surface area contributed by atoms with Gasteiger partial charge in [0.05, 0.1) is 12.3 Å². The second-order valence-corrected chi connectivity index (χ2v) is 2.72. The number of aliphatic hydroxyl groups excluding tert-OH is 1. The zero-order valence-corrected chi connectivity index (χ0v) is 7.46. The van der Waals surface area contributed by atoms with Crippen LogP contribution in [0.1, 0.15) is 10.4 Å². The van der Waals surface area contributed by atoms with Gasteiger partial charge in [-0.05, 0) is 18.2 Å². The van der Waals surface area contributed by atoms with Gasteiger partial charge in [0.1, 0.15) is 5.82 Å². The molecular formula is C9H11FN2O2. The molecule has 5 heteroatoms.